The molecule has 0 aromatic carbocycles. The van der Waals surface area contributed by atoms with E-state index in [1.54, 1.807) is 6.92 Å². The minimum atomic E-state index is -0.321. The molecular weight excluding hydrogens is 190 g/mol. The van der Waals surface area contributed by atoms with Crippen molar-refractivity contribution in [3.05, 3.63) is 12.2 Å². The molecule has 0 spiro atoms. The van der Waals surface area contributed by atoms with E-state index >= 15 is 0 Å². The first-order chi connectivity index (χ1) is 6.50. The maximum atomic E-state index is 11.4. The number of quaternary nitrogens is 1. The molecule has 0 saturated heterocycles. The number of carbonyl (C=O) groups excluding carboxylic acids is 1. The van der Waals surface area contributed by atoms with E-state index in [9.17, 15) is 4.79 Å². The zero-order valence-electron chi connectivity index (χ0n) is 11.0. The molecule has 0 aliphatic heterocycles. The second-order valence-corrected chi connectivity index (χ2v) is 5.50. The van der Waals surface area contributed by atoms with Gasteiger partial charge in [-0.15, -0.1) is 0 Å². The maximum Gasteiger partial charge on any atom is 0.337 e. The molecule has 0 radical (unpaired) electrons. The zero-order chi connectivity index (χ0) is 12.4. The number of nitrogens with zero attached hydrogens (tertiary/aromatic N) is 1. The summed E-state index contributed by atoms with van der Waals surface area (Å²) in [6.45, 7) is 13.5. The van der Waals surface area contributed by atoms with Gasteiger partial charge in [-0.3, -0.25) is 4.48 Å². The van der Waals surface area contributed by atoms with Crippen LogP contribution in [0.3, 0.4) is 0 Å². The molecule has 1 atom stereocenters. The van der Waals surface area contributed by atoms with E-state index in [0.717, 1.165) is 0 Å². The van der Waals surface area contributed by atoms with Crippen molar-refractivity contribution in [1.82, 2.24) is 0 Å². The van der Waals surface area contributed by atoms with Crippen molar-refractivity contribution in [3.63, 3.8) is 0 Å². The Hall–Kier alpha value is -0.830. The average molecular weight is 214 g/mol. The van der Waals surface area contributed by atoms with E-state index in [0.29, 0.717) is 10.1 Å². The van der Waals surface area contributed by atoms with Crippen LogP contribution in [-0.4, -0.2) is 36.3 Å². The fourth-order valence-electron chi connectivity index (χ4n) is 0.933. The zero-order valence-corrected chi connectivity index (χ0v) is 11.0. The Bertz CT molecular complexity index is 261. The molecule has 0 fully saturated rings. The van der Waals surface area contributed by atoms with Crippen molar-refractivity contribution in [1.29, 1.82) is 0 Å². The Morgan fingerprint density at radius 1 is 1.33 bits per heavy atom. The molecule has 0 aromatic heterocycles. The Labute approximate surface area is 93.3 Å². The minimum Gasteiger partial charge on any atom is -0.409 e. The Morgan fingerprint density at radius 3 is 2.00 bits per heavy atom. The van der Waals surface area contributed by atoms with Gasteiger partial charge in [0, 0.05) is 12.5 Å². The molecule has 0 rings (SSSR count). The molecular formula is C12H24NO2+. The number of ether oxygens (including phenoxy) is 1. The van der Waals surface area contributed by atoms with Gasteiger partial charge in [0.2, 0.25) is 6.23 Å². The van der Waals surface area contributed by atoms with Gasteiger partial charge in [-0.25, -0.2) is 4.79 Å². The summed E-state index contributed by atoms with van der Waals surface area (Å²) < 4.78 is 5.95. The highest BCUT2D eigenvalue weighted by atomic mass is 16.6. The molecule has 0 bridgehead atoms. The fraction of sp³-hybridized carbons (Fsp3) is 0.750. The second kappa shape index (κ2) is 4.35. The van der Waals surface area contributed by atoms with Crippen LogP contribution in [0.15, 0.2) is 12.2 Å². The summed E-state index contributed by atoms with van der Waals surface area (Å²) in [6, 6.07) is 0. The van der Waals surface area contributed by atoms with Gasteiger partial charge in [-0.05, 0) is 27.7 Å². The van der Waals surface area contributed by atoms with Crippen molar-refractivity contribution in [2.45, 2.75) is 46.4 Å². The third kappa shape index (κ3) is 3.34. The molecule has 15 heavy (non-hydrogen) atoms. The van der Waals surface area contributed by atoms with Gasteiger partial charge in [-0.1, -0.05) is 6.58 Å². The number of hydrogen-bond acceptors (Lipinski definition) is 2. The van der Waals surface area contributed by atoms with Crippen LogP contribution in [0.4, 0.5) is 0 Å². The van der Waals surface area contributed by atoms with Crippen molar-refractivity contribution in [3.8, 4) is 0 Å². The molecule has 0 aliphatic rings. The Morgan fingerprint density at radius 2 is 1.73 bits per heavy atom. The summed E-state index contributed by atoms with van der Waals surface area (Å²) in [5.41, 5.74) is 0.463. The van der Waals surface area contributed by atoms with Crippen LogP contribution >= 0.6 is 0 Å². The molecule has 3 heteroatoms. The first kappa shape index (κ1) is 14.2. The van der Waals surface area contributed by atoms with Crippen LogP contribution in [0.1, 0.15) is 34.6 Å². The summed E-state index contributed by atoms with van der Waals surface area (Å²) in [5, 5.41) is 0. The predicted octanol–water partition coefficient (Wildman–Crippen LogP) is 2.33. The lowest BCUT2D eigenvalue weighted by Gasteiger charge is -2.45. The lowest BCUT2D eigenvalue weighted by atomic mass is 10.0. The highest BCUT2D eigenvalue weighted by Gasteiger charge is 2.38. The van der Waals surface area contributed by atoms with Gasteiger partial charge in [0.15, 0.2) is 0 Å². The Kier molecular flexibility index (Phi) is 4.11. The van der Waals surface area contributed by atoms with Gasteiger partial charge in [-0.2, -0.15) is 0 Å². The van der Waals surface area contributed by atoms with Crippen LogP contribution < -0.4 is 0 Å². The first-order valence-electron chi connectivity index (χ1n) is 5.20. The highest BCUT2D eigenvalue weighted by molar-refractivity contribution is 5.86. The summed E-state index contributed by atoms with van der Waals surface area (Å²) in [7, 11) is 4.10. The predicted molar refractivity (Wildman–Crippen MR) is 62.2 cm³/mol. The standard InChI is InChI=1S/C12H24NO2/c1-9(2)11(14)15-10(3)13(7,8)12(4,5)6/h10H,1H2,2-8H3/q+1. The van der Waals surface area contributed by atoms with E-state index < -0.39 is 0 Å². The van der Waals surface area contributed by atoms with Crippen molar-refractivity contribution in [2.75, 3.05) is 14.1 Å². The second-order valence-electron chi connectivity index (χ2n) is 5.50. The number of hydrogen-bond donors (Lipinski definition) is 0. The molecule has 1 unspecified atom stereocenters. The van der Waals surface area contributed by atoms with Crippen LogP contribution in [0, 0.1) is 0 Å². The quantitative estimate of drug-likeness (QED) is 0.312. The van der Waals surface area contributed by atoms with E-state index in [1.165, 1.54) is 0 Å². The minimum absolute atomic E-state index is 0.0226. The normalized spacial score (nSPS) is 14.6. The number of carbonyl (C=O) groups is 1. The van der Waals surface area contributed by atoms with Crippen LogP contribution in [0.5, 0.6) is 0 Å². The summed E-state index contributed by atoms with van der Waals surface area (Å²) in [4.78, 5) is 11.4. The summed E-state index contributed by atoms with van der Waals surface area (Å²) in [5.74, 6) is -0.321. The van der Waals surface area contributed by atoms with E-state index in [4.69, 9.17) is 4.74 Å². The van der Waals surface area contributed by atoms with Gasteiger partial charge in [0.1, 0.15) is 0 Å². The lowest BCUT2D eigenvalue weighted by Crippen LogP contribution is -2.60. The van der Waals surface area contributed by atoms with Gasteiger partial charge in [0.25, 0.3) is 0 Å². The third-order valence-electron chi connectivity index (χ3n) is 3.26. The van der Waals surface area contributed by atoms with Crippen LogP contribution in [-0.2, 0) is 9.53 Å². The molecule has 0 amide bonds. The van der Waals surface area contributed by atoms with Gasteiger partial charge in [0.05, 0.1) is 19.6 Å². The molecule has 88 valence electrons. The first-order valence-corrected chi connectivity index (χ1v) is 5.20. The molecule has 0 heterocycles. The monoisotopic (exact) mass is 214 g/mol. The summed E-state index contributed by atoms with van der Waals surface area (Å²) in [6.07, 6.45) is -0.186. The molecule has 3 nitrogen and oxygen atoms in total. The number of rotatable bonds is 3. The average Bonchev–Trinajstić information content (AvgIpc) is 2.01. The SMILES string of the molecule is C=C(C)C(=O)OC(C)[N+](C)(C)C(C)(C)C. The molecule has 0 aromatic rings. The summed E-state index contributed by atoms with van der Waals surface area (Å²) >= 11 is 0. The van der Waals surface area contributed by atoms with Gasteiger partial charge < -0.3 is 4.74 Å². The molecule has 0 saturated carbocycles. The molecule has 0 N–H and O–H groups in total. The van der Waals surface area contributed by atoms with Crippen LogP contribution in [0.25, 0.3) is 0 Å². The highest BCUT2D eigenvalue weighted by Crippen LogP contribution is 2.24. The topological polar surface area (TPSA) is 26.3 Å². The van der Waals surface area contributed by atoms with E-state index in [-0.39, 0.29) is 17.7 Å². The van der Waals surface area contributed by atoms with Crippen molar-refractivity contribution >= 4 is 5.97 Å². The van der Waals surface area contributed by atoms with Crippen molar-refractivity contribution < 1.29 is 14.0 Å². The van der Waals surface area contributed by atoms with Crippen LogP contribution in [0.2, 0.25) is 0 Å². The Balaban J connectivity index is 4.66. The van der Waals surface area contributed by atoms with Gasteiger partial charge >= 0.3 is 5.97 Å². The van der Waals surface area contributed by atoms with Crippen molar-refractivity contribution in [2.24, 2.45) is 0 Å². The maximum absolute atomic E-state index is 11.4. The fourth-order valence-corrected chi connectivity index (χ4v) is 0.933. The molecule has 0 aliphatic carbocycles. The lowest BCUT2D eigenvalue weighted by molar-refractivity contribution is -0.974. The smallest absolute Gasteiger partial charge is 0.337 e. The largest absolute Gasteiger partial charge is 0.409 e. The van der Waals surface area contributed by atoms with E-state index in [2.05, 4.69) is 41.4 Å². The third-order valence-corrected chi connectivity index (χ3v) is 3.26. The van der Waals surface area contributed by atoms with E-state index in [1.807, 2.05) is 6.92 Å². The number of esters is 1.